The molecule has 1 aliphatic heterocycles. The van der Waals surface area contributed by atoms with Crippen molar-refractivity contribution in [2.45, 2.75) is 32.4 Å². The van der Waals surface area contributed by atoms with E-state index in [0.717, 1.165) is 4.90 Å². The standard InChI is InChI=1S/C18H17ClF2N2O4/c1-9(23-16(25)11-4-2-3-5-12(11)17(23)26)15(24)22-10-6-7-14(13(19)8-10)27-18(20)21/h2-3,6-9,11-12,18H,4-5H2,1H3,(H,22,24)/t9-,11-,12+/m1/s1. The number of carbonyl (C=O) groups is 3. The molecular formula is C18H17ClF2N2O4. The first-order valence-corrected chi connectivity index (χ1v) is 8.74. The number of imide groups is 1. The van der Waals surface area contributed by atoms with Crippen LogP contribution in [0.25, 0.3) is 0 Å². The van der Waals surface area contributed by atoms with E-state index < -0.39 is 30.4 Å². The highest BCUT2D eigenvalue weighted by Crippen LogP contribution is 2.36. The van der Waals surface area contributed by atoms with Crippen molar-refractivity contribution in [1.29, 1.82) is 0 Å². The van der Waals surface area contributed by atoms with Crippen molar-refractivity contribution >= 4 is 35.0 Å². The highest BCUT2D eigenvalue weighted by atomic mass is 35.5. The second-order valence-corrected chi connectivity index (χ2v) is 6.80. The smallest absolute Gasteiger partial charge is 0.387 e. The maximum Gasteiger partial charge on any atom is 0.387 e. The normalized spacial score (nSPS) is 22.8. The van der Waals surface area contributed by atoms with E-state index in [0.29, 0.717) is 12.8 Å². The molecule has 0 unspecified atom stereocenters. The zero-order valence-corrected chi connectivity index (χ0v) is 15.1. The van der Waals surface area contributed by atoms with Gasteiger partial charge in [0.25, 0.3) is 0 Å². The quantitative estimate of drug-likeness (QED) is 0.610. The number of hydrogen-bond donors (Lipinski definition) is 1. The number of benzene rings is 1. The van der Waals surface area contributed by atoms with Gasteiger partial charge in [0.15, 0.2) is 0 Å². The van der Waals surface area contributed by atoms with Crippen molar-refractivity contribution in [3.63, 3.8) is 0 Å². The van der Waals surface area contributed by atoms with Gasteiger partial charge in [-0.25, -0.2) is 0 Å². The highest BCUT2D eigenvalue weighted by molar-refractivity contribution is 6.32. The Labute approximate surface area is 159 Å². The summed E-state index contributed by atoms with van der Waals surface area (Å²) in [6.07, 6.45) is 4.71. The number of halogens is 3. The van der Waals surface area contributed by atoms with Crippen LogP contribution in [0, 0.1) is 11.8 Å². The zero-order valence-electron chi connectivity index (χ0n) is 14.3. The first kappa shape index (κ1) is 19.3. The van der Waals surface area contributed by atoms with Crippen molar-refractivity contribution in [1.82, 2.24) is 4.90 Å². The summed E-state index contributed by atoms with van der Waals surface area (Å²) in [5, 5.41) is 2.43. The van der Waals surface area contributed by atoms with Crippen molar-refractivity contribution in [2.75, 3.05) is 5.32 Å². The van der Waals surface area contributed by atoms with E-state index >= 15 is 0 Å². The Morgan fingerprint density at radius 1 is 1.22 bits per heavy atom. The summed E-state index contributed by atoms with van der Waals surface area (Å²) in [6, 6.07) is 2.78. The average molecular weight is 399 g/mol. The minimum absolute atomic E-state index is 0.105. The summed E-state index contributed by atoms with van der Waals surface area (Å²) in [5.74, 6) is -2.34. The number of hydrogen-bond acceptors (Lipinski definition) is 4. The van der Waals surface area contributed by atoms with Crippen molar-refractivity contribution in [3.8, 4) is 5.75 Å². The molecule has 2 aliphatic rings. The summed E-state index contributed by atoms with van der Waals surface area (Å²) < 4.78 is 28.8. The van der Waals surface area contributed by atoms with Gasteiger partial charge in [-0.1, -0.05) is 23.8 Å². The lowest BCUT2D eigenvalue weighted by Crippen LogP contribution is -2.46. The van der Waals surface area contributed by atoms with Crippen LogP contribution in [-0.2, 0) is 14.4 Å². The molecule has 1 aromatic rings. The molecule has 144 valence electrons. The number of nitrogens with one attached hydrogen (secondary N) is 1. The molecule has 3 amide bonds. The molecule has 1 aromatic carbocycles. The molecule has 6 nitrogen and oxygen atoms in total. The Bertz CT molecular complexity index is 789. The number of allylic oxidation sites excluding steroid dienone is 2. The van der Waals surface area contributed by atoms with Crippen LogP contribution >= 0.6 is 11.6 Å². The maximum atomic E-state index is 12.5. The lowest BCUT2D eigenvalue weighted by Gasteiger charge is -2.22. The molecule has 1 aliphatic carbocycles. The number of anilines is 1. The van der Waals surface area contributed by atoms with Crippen LogP contribution in [-0.4, -0.2) is 35.3 Å². The minimum Gasteiger partial charge on any atom is -0.433 e. The number of alkyl halides is 2. The van der Waals surface area contributed by atoms with E-state index in [1.165, 1.54) is 25.1 Å². The lowest BCUT2D eigenvalue weighted by atomic mass is 9.85. The van der Waals surface area contributed by atoms with Gasteiger partial charge in [-0.3, -0.25) is 19.3 Å². The molecule has 0 saturated carbocycles. The van der Waals surface area contributed by atoms with Gasteiger partial charge in [0, 0.05) is 5.69 Å². The molecule has 1 fully saturated rings. The molecule has 0 spiro atoms. The number of nitrogens with zero attached hydrogens (tertiary/aromatic N) is 1. The fourth-order valence-electron chi connectivity index (χ4n) is 3.34. The van der Waals surface area contributed by atoms with E-state index in [9.17, 15) is 23.2 Å². The molecule has 1 saturated heterocycles. The van der Waals surface area contributed by atoms with Gasteiger partial charge in [-0.2, -0.15) is 8.78 Å². The summed E-state index contributed by atoms with van der Waals surface area (Å²) in [6.45, 7) is -1.56. The largest absolute Gasteiger partial charge is 0.433 e. The molecule has 9 heteroatoms. The number of ether oxygens (including phenoxy) is 1. The summed E-state index contributed by atoms with van der Waals surface area (Å²) in [7, 11) is 0. The van der Waals surface area contributed by atoms with Crippen LogP contribution in [0.15, 0.2) is 30.4 Å². The van der Waals surface area contributed by atoms with Gasteiger partial charge in [0.2, 0.25) is 17.7 Å². The lowest BCUT2D eigenvalue weighted by molar-refractivity contribution is -0.146. The molecule has 0 radical (unpaired) electrons. The van der Waals surface area contributed by atoms with Crippen LogP contribution in [0.4, 0.5) is 14.5 Å². The van der Waals surface area contributed by atoms with Gasteiger partial charge in [-0.15, -0.1) is 0 Å². The monoisotopic (exact) mass is 398 g/mol. The predicted molar refractivity (Wildman–Crippen MR) is 93.4 cm³/mol. The van der Waals surface area contributed by atoms with Crippen LogP contribution in [0.5, 0.6) is 5.75 Å². The molecule has 27 heavy (non-hydrogen) atoms. The van der Waals surface area contributed by atoms with E-state index in [1.807, 2.05) is 12.2 Å². The Morgan fingerprint density at radius 2 is 1.81 bits per heavy atom. The van der Waals surface area contributed by atoms with Crippen molar-refractivity contribution < 1.29 is 27.9 Å². The van der Waals surface area contributed by atoms with Crippen LogP contribution in [0.2, 0.25) is 5.02 Å². The third kappa shape index (κ3) is 3.80. The zero-order chi connectivity index (χ0) is 19.7. The van der Waals surface area contributed by atoms with Crippen molar-refractivity contribution in [2.24, 2.45) is 11.8 Å². The van der Waals surface area contributed by atoms with E-state index in [1.54, 1.807) is 0 Å². The molecule has 0 aromatic heterocycles. The molecule has 0 bridgehead atoms. The second kappa shape index (κ2) is 7.64. The average Bonchev–Trinajstić information content (AvgIpc) is 2.88. The Balaban J connectivity index is 1.70. The third-order valence-electron chi connectivity index (χ3n) is 4.72. The van der Waals surface area contributed by atoms with Crippen LogP contribution < -0.4 is 10.1 Å². The summed E-state index contributed by atoms with van der Waals surface area (Å²) in [4.78, 5) is 38.6. The van der Waals surface area contributed by atoms with Crippen LogP contribution in [0.1, 0.15) is 19.8 Å². The fourth-order valence-corrected chi connectivity index (χ4v) is 3.57. The van der Waals surface area contributed by atoms with E-state index in [-0.39, 0.29) is 28.3 Å². The predicted octanol–water partition coefficient (Wildman–Crippen LogP) is 3.22. The first-order chi connectivity index (χ1) is 12.8. The number of likely N-dealkylation sites (tertiary alicyclic amines) is 1. The highest BCUT2D eigenvalue weighted by Gasteiger charge is 2.50. The third-order valence-corrected chi connectivity index (χ3v) is 5.02. The number of amides is 3. The fraction of sp³-hybridized carbons (Fsp3) is 0.389. The molecule has 1 N–H and O–H groups in total. The minimum atomic E-state index is -3.02. The Kier molecular flexibility index (Phi) is 5.46. The van der Waals surface area contributed by atoms with Gasteiger partial charge in [0.05, 0.1) is 16.9 Å². The summed E-state index contributed by atoms with van der Waals surface area (Å²) in [5.41, 5.74) is 0.233. The Morgan fingerprint density at radius 3 is 2.33 bits per heavy atom. The Hall–Kier alpha value is -2.48. The van der Waals surface area contributed by atoms with Gasteiger partial charge in [0.1, 0.15) is 11.8 Å². The van der Waals surface area contributed by atoms with Gasteiger partial charge in [-0.05, 0) is 38.0 Å². The SMILES string of the molecule is C[C@H](C(=O)Nc1ccc(OC(F)F)c(Cl)c1)N1C(=O)[C@H]2CC=CC[C@H]2C1=O. The van der Waals surface area contributed by atoms with Gasteiger partial charge < -0.3 is 10.1 Å². The number of rotatable bonds is 5. The molecule has 3 atom stereocenters. The molecule has 3 rings (SSSR count). The maximum absolute atomic E-state index is 12.5. The number of fused-ring (bicyclic) bond motifs is 1. The molecule has 1 heterocycles. The first-order valence-electron chi connectivity index (χ1n) is 8.36. The molecular weight excluding hydrogens is 382 g/mol. The van der Waals surface area contributed by atoms with E-state index in [2.05, 4.69) is 10.1 Å². The van der Waals surface area contributed by atoms with Crippen LogP contribution in [0.3, 0.4) is 0 Å². The summed E-state index contributed by atoms with van der Waals surface area (Å²) >= 11 is 5.86. The topological polar surface area (TPSA) is 75.7 Å². The number of carbonyl (C=O) groups excluding carboxylic acids is 3. The van der Waals surface area contributed by atoms with E-state index in [4.69, 9.17) is 11.6 Å². The van der Waals surface area contributed by atoms with Gasteiger partial charge >= 0.3 is 6.61 Å². The second-order valence-electron chi connectivity index (χ2n) is 6.39. The van der Waals surface area contributed by atoms with Crippen molar-refractivity contribution in [3.05, 3.63) is 35.4 Å².